The highest BCUT2D eigenvalue weighted by Crippen LogP contribution is 2.37. The fourth-order valence-corrected chi connectivity index (χ4v) is 4.62. The number of ether oxygens (including phenoxy) is 1. The van der Waals surface area contributed by atoms with E-state index in [0.717, 1.165) is 38.7 Å². The zero-order chi connectivity index (χ0) is 16.5. The lowest BCUT2D eigenvalue weighted by molar-refractivity contribution is 0.141. The minimum atomic E-state index is 0.334. The molecule has 0 saturated carbocycles. The number of aliphatic imine (C=N–C) groups is 1. The second-order valence-corrected chi connectivity index (χ2v) is 8.49. The smallest absolute Gasteiger partial charge is 0.191 e. The first-order valence-electron chi connectivity index (χ1n) is 9.06. The third-order valence-corrected chi connectivity index (χ3v) is 6.33. The van der Waals surface area contributed by atoms with E-state index >= 15 is 0 Å². The lowest BCUT2D eigenvalue weighted by Crippen LogP contribution is -2.46. The van der Waals surface area contributed by atoms with Gasteiger partial charge in [-0.15, -0.1) is 0 Å². The number of hydrogen-bond donors (Lipinski definition) is 2. The first-order valence-corrected chi connectivity index (χ1v) is 10.0. The topological polar surface area (TPSA) is 48.9 Å². The molecule has 0 aliphatic carbocycles. The summed E-state index contributed by atoms with van der Waals surface area (Å²) in [7, 11) is 1.78. The fraction of sp³-hybridized carbons (Fsp3) is 0.941. The van der Waals surface area contributed by atoms with Gasteiger partial charge < -0.3 is 15.4 Å². The lowest BCUT2D eigenvalue weighted by atomic mass is 10.1. The Morgan fingerprint density at radius 1 is 1.39 bits per heavy atom. The van der Waals surface area contributed by atoms with Gasteiger partial charge in [-0.05, 0) is 51.8 Å². The highest BCUT2D eigenvalue weighted by molar-refractivity contribution is 8.00. The highest BCUT2D eigenvalue weighted by Gasteiger charge is 2.29. The van der Waals surface area contributed by atoms with Gasteiger partial charge in [0.25, 0.3) is 0 Å². The van der Waals surface area contributed by atoms with Crippen molar-refractivity contribution in [1.82, 2.24) is 15.5 Å². The summed E-state index contributed by atoms with van der Waals surface area (Å²) in [5.74, 6) is 2.26. The van der Waals surface area contributed by atoms with E-state index in [9.17, 15) is 0 Å². The van der Waals surface area contributed by atoms with Crippen LogP contribution in [-0.4, -0.2) is 73.8 Å². The maximum absolute atomic E-state index is 5.22. The minimum absolute atomic E-state index is 0.334. The Balaban J connectivity index is 1.81. The van der Waals surface area contributed by atoms with Crippen LogP contribution in [0.1, 0.15) is 39.5 Å². The van der Waals surface area contributed by atoms with Crippen molar-refractivity contribution in [3.05, 3.63) is 0 Å². The fourth-order valence-electron chi connectivity index (χ4n) is 3.39. The van der Waals surface area contributed by atoms with Crippen molar-refractivity contribution in [2.75, 3.05) is 52.2 Å². The van der Waals surface area contributed by atoms with Crippen LogP contribution in [0.5, 0.6) is 0 Å². The molecule has 0 aromatic rings. The van der Waals surface area contributed by atoms with Crippen LogP contribution in [0.4, 0.5) is 0 Å². The summed E-state index contributed by atoms with van der Waals surface area (Å²) in [6.07, 6.45) is 5.17. The normalized spacial score (nSPS) is 29.2. The average Bonchev–Trinajstić information content (AvgIpc) is 3.17. The molecule has 134 valence electrons. The number of rotatable bonds is 8. The summed E-state index contributed by atoms with van der Waals surface area (Å²) in [5.41, 5.74) is 0. The van der Waals surface area contributed by atoms with Crippen LogP contribution < -0.4 is 10.6 Å². The van der Waals surface area contributed by atoms with Crippen molar-refractivity contribution >= 4 is 17.7 Å². The molecule has 2 unspecified atom stereocenters. The molecular formula is C17H34N4OS. The average molecular weight is 343 g/mol. The Morgan fingerprint density at radius 2 is 2.26 bits per heavy atom. The van der Waals surface area contributed by atoms with Gasteiger partial charge >= 0.3 is 0 Å². The van der Waals surface area contributed by atoms with E-state index in [-0.39, 0.29) is 0 Å². The van der Waals surface area contributed by atoms with Crippen LogP contribution >= 0.6 is 11.8 Å². The summed E-state index contributed by atoms with van der Waals surface area (Å²) in [5, 5.41) is 6.95. The Morgan fingerprint density at radius 3 is 2.96 bits per heavy atom. The second kappa shape index (κ2) is 9.74. The number of nitrogens with zero attached hydrogens (tertiary/aromatic N) is 2. The van der Waals surface area contributed by atoms with E-state index in [1.165, 1.54) is 38.0 Å². The zero-order valence-corrected chi connectivity index (χ0v) is 15.9. The molecule has 2 saturated heterocycles. The third kappa shape index (κ3) is 6.16. The molecule has 23 heavy (non-hydrogen) atoms. The Bertz CT molecular complexity index is 372. The summed E-state index contributed by atoms with van der Waals surface area (Å²) in [6, 6.07) is 0.602. The summed E-state index contributed by atoms with van der Waals surface area (Å²) < 4.78 is 5.56. The highest BCUT2D eigenvalue weighted by atomic mass is 32.2. The summed E-state index contributed by atoms with van der Waals surface area (Å²) in [4.78, 5) is 7.38. The van der Waals surface area contributed by atoms with Crippen molar-refractivity contribution < 1.29 is 4.74 Å². The van der Waals surface area contributed by atoms with Gasteiger partial charge in [0.05, 0.1) is 13.2 Å². The maximum atomic E-state index is 5.22. The van der Waals surface area contributed by atoms with Crippen LogP contribution in [0.3, 0.4) is 0 Å². The summed E-state index contributed by atoms with van der Waals surface area (Å²) >= 11 is 2.07. The molecule has 2 N–H and O–H groups in total. The Labute approximate surface area is 146 Å². The molecule has 0 aromatic carbocycles. The van der Waals surface area contributed by atoms with Crippen LogP contribution in [0.2, 0.25) is 0 Å². The molecule has 0 radical (unpaired) electrons. The zero-order valence-electron chi connectivity index (χ0n) is 15.1. The molecule has 2 atom stereocenters. The van der Waals surface area contributed by atoms with Gasteiger partial charge in [0.15, 0.2) is 5.96 Å². The summed E-state index contributed by atoms with van der Waals surface area (Å²) in [6.45, 7) is 10.3. The molecule has 0 aromatic heterocycles. The standard InChI is InChI=1S/C17H34N4OS/c1-4-18-16(20-14-17(2)8-6-12-23-17)19-13-15-7-5-9-21(15)10-11-22-3/h15H,4-14H2,1-3H3,(H2,18,19,20). The second-order valence-electron chi connectivity index (χ2n) is 6.80. The van der Waals surface area contributed by atoms with Crippen molar-refractivity contribution in [3.63, 3.8) is 0 Å². The van der Waals surface area contributed by atoms with Gasteiger partial charge in [-0.1, -0.05) is 0 Å². The molecule has 0 spiro atoms. The van der Waals surface area contributed by atoms with Gasteiger partial charge in [0.1, 0.15) is 0 Å². The number of methoxy groups -OCH3 is 1. The van der Waals surface area contributed by atoms with E-state index in [4.69, 9.17) is 9.73 Å². The van der Waals surface area contributed by atoms with Crippen molar-refractivity contribution in [1.29, 1.82) is 0 Å². The first kappa shape index (κ1) is 18.9. The van der Waals surface area contributed by atoms with Crippen molar-refractivity contribution in [2.45, 2.75) is 50.3 Å². The Kier molecular flexibility index (Phi) is 7.99. The lowest BCUT2D eigenvalue weighted by Gasteiger charge is -2.26. The van der Waals surface area contributed by atoms with Crippen molar-refractivity contribution in [2.24, 2.45) is 4.99 Å². The van der Waals surface area contributed by atoms with Crippen LogP contribution in [-0.2, 0) is 4.74 Å². The van der Waals surface area contributed by atoms with Gasteiger partial charge in [-0.25, -0.2) is 0 Å². The van der Waals surface area contributed by atoms with Crippen LogP contribution in [0.25, 0.3) is 0 Å². The first-order chi connectivity index (χ1) is 11.2. The SMILES string of the molecule is CCNC(=NCC1(C)CCCS1)NCC1CCCN1CCOC. The molecular weight excluding hydrogens is 308 g/mol. The molecule has 0 bridgehead atoms. The molecule has 5 nitrogen and oxygen atoms in total. The Hall–Kier alpha value is -0.460. The molecule has 0 amide bonds. The van der Waals surface area contributed by atoms with Crippen LogP contribution in [0.15, 0.2) is 4.99 Å². The number of nitrogens with one attached hydrogen (secondary N) is 2. The molecule has 2 rings (SSSR count). The predicted octanol–water partition coefficient (Wildman–Crippen LogP) is 1.94. The number of thioether (sulfide) groups is 1. The number of hydrogen-bond acceptors (Lipinski definition) is 4. The van der Waals surface area contributed by atoms with E-state index in [0.29, 0.717) is 10.8 Å². The molecule has 2 aliphatic heterocycles. The van der Waals surface area contributed by atoms with Crippen LogP contribution in [0, 0.1) is 0 Å². The quantitative estimate of drug-likeness (QED) is 0.521. The van der Waals surface area contributed by atoms with E-state index in [1.54, 1.807) is 7.11 Å². The van der Waals surface area contributed by atoms with Gasteiger partial charge in [0.2, 0.25) is 0 Å². The molecule has 6 heteroatoms. The number of likely N-dealkylation sites (tertiary alicyclic amines) is 1. The van der Waals surface area contributed by atoms with Gasteiger partial charge in [0, 0.05) is 37.5 Å². The maximum Gasteiger partial charge on any atom is 0.191 e. The molecule has 2 aliphatic rings. The van der Waals surface area contributed by atoms with E-state index in [2.05, 4.69) is 41.1 Å². The van der Waals surface area contributed by atoms with Crippen molar-refractivity contribution in [3.8, 4) is 0 Å². The van der Waals surface area contributed by atoms with E-state index in [1.807, 2.05) is 0 Å². The predicted molar refractivity (Wildman–Crippen MR) is 101 cm³/mol. The molecule has 2 fully saturated rings. The van der Waals surface area contributed by atoms with Gasteiger partial charge in [-0.2, -0.15) is 11.8 Å². The number of guanidine groups is 1. The minimum Gasteiger partial charge on any atom is -0.383 e. The third-order valence-electron chi connectivity index (χ3n) is 4.80. The largest absolute Gasteiger partial charge is 0.383 e. The van der Waals surface area contributed by atoms with E-state index < -0.39 is 0 Å². The monoisotopic (exact) mass is 342 g/mol. The van der Waals surface area contributed by atoms with Gasteiger partial charge in [-0.3, -0.25) is 9.89 Å². The molecule has 2 heterocycles.